The van der Waals surface area contributed by atoms with Gasteiger partial charge in [0, 0.05) is 10.2 Å². The van der Waals surface area contributed by atoms with Crippen LogP contribution in [0.15, 0.2) is 24.3 Å². The Bertz CT molecular complexity index is 341. The molecule has 1 aliphatic heterocycles. The number of rotatable bonds is 2. The van der Waals surface area contributed by atoms with Crippen LogP contribution in [0.25, 0.3) is 0 Å². The summed E-state index contributed by atoms with van der Waals surface area (Å²) in [4.78, 5) is 0. The zero-order valence-electron chi connectivity index (χ0n) is 10.0. The summed E-state index contributed by atoms with van der Waals surface area (Å²) in [6, 6.07) is 8.93. The second-order valence-corrected chi connectivity index (χ2v) is 9.34. The van der Waals surface area contributed by atoms with Crippen LogP contribution in [0.5, 0.6) is 0 Å². The number of benzene rings is 1. The van der Waals surface area contributed by atoms with Crippen LogP contribution in [-0.2, 0) is 9.96 Å². The fraction of sp³-hybridized carbons (Fsp3) is 0.538. The summed E-state index contributed by atoms with van der Waals surface area (Å²) in [7, 11) is -0.855. The molecule has 1 atom stereocenters. The molecule has 1 fully saturated rings. The van der Waals surface area contributed by atoms with Crippen molar-refractivity contribution in [3.05, 3.63) is 33.4 Å². The van der Waals surface area contributed by atoms with Crippen molar-refractivity contribution in [2.75, 3.05) is 6.61 Å². The third-order valence-electron chi connectivity index (χ3n) is 3.57. The first kappa shape index (κ1) is 12.6. The first-order chi connectivity index (χ1) is 7.65. The zero-order valence-corrected chi connectivity index (χ0v) is 13.3. The standard InChI is InChI=1S/C13H19IOSi/c1-16(2)13(9-3-4-10-15-13)11-5-7-12(14)8-6-11/h5-8,16H,3-4,9-10H2,1-2H3. The fourth-order valence-corrected chi connectivity index (χ4v) is 5.02. The summed E-state index contributed by atoms with van der Waals surface area (Å²) in [5, 5.41) is 0.0998. The monoisotopic (exact) mass is 346 g/mol. The van der Waals surface area contributed by atoms with Crippen molar-refractivity contribution in [1.29, 1.82) is 0 Å². The van der Waals surface area contributed by atoms with Crippen LogP contribution in [0.1, 0.15) is 24.8 Å². The molecule has 88 valence electrons. The highest BCUT2D eigenvalue weighted by molar-refractivity contribution is 14.1. The van der Waals surface area contributed by atoms with Gasteiger partial charge < -0.3 is 4.74 Å². The van der Waals surface area contributed by atoms with Gasteiger partial charge in [-0.2, -0.15) is 0 Å². The molecule has 1 heterocycles. The van der Waals surface area contributed by atoms with Gasteiger partial charge in [-0.3, -0.25) is 0 Å². The van der Waals surface area contributed by atoms with E-state index in [0.717, 1.165) is 6.61 Å². The topological polar surface area (TPSA) is 9.23 Å². The van der Waals surface area contributed by atoms with E-state index in [1.54, 1.807) is 0 Å². The van der Waals surface area contributed by atoms with E-state index >= 15 is 0 Å². The Morgan fingerprint density at radius 1 is 1.19 bits per heavy atom. The van der Waals surface area contributed by atoms with Gasteiger partial charge >= 0.3 is 0 Å². The number of halogens is 1. The Labute approximate surface area is 113 Å². The molecule has 0 radical (unpaired) electrons. The van der Waals surface area contributed by atoms with Crippen molar-refractivity contribution >= 4 is 31.4 Å². The van der Waals surface area contributed by atoms with Gasteiger partial charge in [0.1, 0.15) is 0 Å². The molecule has 2 rings (SSSR count). The Morgan fingerprint density at radius 2 is 1.88 bits per heavy atom. The molecule has 1 aromatic carbocycles. The van der Waals surface area contributed by atoms with E-state index in [4.69, 9.17) is 4.74 Å². The lowest BCUT2D eigenvalue weighted by atomic mass is 10.0. The number of hydrogen-bond acceptors (Lipinski definition) is 1. The highest BCUT2D eigenvalue weighted by Crippen LogP contribution is 2.37. The summed E-state index contributed by atoms with van der Waals surface area (Å²) in [5.41, 5.74) is 1.41. The van der Waals surface area contributed by atoms with Crippen LogP contribution in [0.2, 0.25) is 13.1 Å². The van der Waals surface area contributed by atoms with Crippen molar-refractivity contribution in [3.8, 4) is 0 Å². The van der Waals surface area contributed by atoms with Gasteiger partial charge in [-0.25, -0.2) is 0 Å². The molecule has 0 aromatic heterocycles. The molecule has 0 N–H and O–H groups in total. The molecule has 1 unspecified atom stereocenters. The van der Waals surface area contributed by atoms with E-state index in [9.17, 15) is 0 Å². The van der Waals surface area contributed by atoms with Crippen LogP contribution in [0, 0.1) is 3.57 Å². The smallest absolute Gasteiger partial charge is 0.0787 e. The highest BCUT2D eigenvalue weighted by Gasteiger charge is 2.38. The predicted octanol–water partition coefficient (Wildman–Crippen LogP) is 3.71. The minimum absolute atomic E-state index is 0.0998. The quantitative estimate of drug-likeness (QED) is 0.586. The summed E-state index contributed by atoms with van der Waals surface area (Å²) in [6.45, 7) is 5.75. The normalized spacial score (nSPS) is 26.0. The minimum Gasteiger partial charge on any atom is -0.374 e. The maximum absolute atomic E-state index is 6.21. The van der Waals surface area contributed by atoms with Crippen molar-refractivity contribution in [2.24, 2.45) is 0 Å². The molecule has 1 aliphatic rings. The third kappa shape index (κ3) is 2.36. The van der Waals surface area contributed by atoms with Gasteiger partial charge in [0.15, 0.2) is 0 Å². The highest BCUT2D eigenvalue weighted by atomic mass is 127. The maximum atomic E-state index is 6.21. The van der Waals surface area contributed by atoms with E-state index in [0.29, 0.717) is 0 Å². The molecule has 1 nitrogen and oxygen atoms in total. The zero-order chi connectivity index (χ0) is 11.6. The molecule has 0 spiro atoms. The average Bonchev–Trinajstić information content (AvgIpc) is 2.30. The van der Waals surface area contributed by atoms with Gasteiger partial charge in [-0.1, -0.05) is 25.2 Å². The van der Waals surface area contributed by atoms with E-state index in [1.165, 1.54) is 28.4 Å². The minimum atomic E-state index is -0.855. The Balaban J connectivity index is 2.34. The summed E-state index contributed by atoms with van der Waals surface area (Å²) < 4.78 is 7.52. The van der Waals surface area contributed by atoms with E-state index < -0.39 is 8.80 Å². The summed E-state index contributed by atoms with van der Waals surface area (Å²) >= 11 is 2.36. The lowest BCUT2D eigenvalue weighted by Gasteiger charge is -2.41. The Kier molecular flexibility index (Phi) is 4.08. The Morgan fingerprint density at radius 3 is 2.38 bits per heavy atom. The first-order valence-electron chi connectivity index (χ1n) is 6.05. The second kappa shape index (κ2) is 5.19. The molecule has 0 aliphatic carbocycles. The van der Waals surface area contributed by atoms with Crippen LogP contribution in [0.4, 0.5) is 0 Å². The molecular weight excluding hydrogens is 327 g/mol. The van der Waals surface area contributed by atoms with E-state index in [1.807, 2.05) is 0 Å². The summed E-state index contributed by atoms with van der Waals surface area (Å²) in [6.07, 6.45) is 3.77. The maximum Gasteiger partial charge on any atom is 0.0787 e. The fourth-order valence-electron chi connectivity index (χ4n) is 2.56. The third-order valence-corrected chi connectivity index (χ3v) is 6.94. The van der Waals surface area contributed by atoms with Crippen LogP contribution >= 0.6 is 22.6 Å². The Hall–Kier alpha value is 0.127. The molecule has 3 heteroatoms. The molecule has 0 saturated carbocycles. The van der Waals surface area contributed by atoms with Gasteiger partial charge in [0.05, 0.1) is 14.0 Å². The molecular formula is C13H19IOSi. The summed E-state index contributed by atoms with van der Waals surface area (Å²) in [5.74, 6) is 0. The lowest BCUT2D eigenvalue weighted by Crippen LogP contribution is -2.44. The number of ether oxygens (including phenoxy) is 1. The molecule has 1 aromatic rings. The van der Waals surface area contributed by atoms with Crippen molar-refractivity contribution < 1.29 is 4.74 Å². The molecule has 0 bridgehead atoms. The van der Waals surface area contributed by atoms with Gasteiger partial charge in [0.2, 0.25) is 0 Å². The molecule has 1 saturated heterocycles. The van der Waals surface area contributed by atoms with Crippen molar-refractivity contribution in [2.45, 2.75) is 37.6 Å². The SMILES string of the molecule is C[SiH](C)C1(c2ccc(I)cc2)CCCCO1. The molecule has 0 amide bonds. The second-order valence-electron chi connectivity index (χ2n) is 4.86. The number of hydrogen-bond donors (Lipinski definition) is 0. The molecule has 16 heavy (non-hydrogen) atoms. The van der Waals surface area contributed by atoms with Crippen LogP contribution in [-0.4, -0.2) is 15.4 Å². The van der Waals surface area contributed by atoms with E-state index in [2.05, 4.69) is 60.0 Å². The van der Waals surface area contributed by atoms with Crippen molar-refractivity contribution in [1.82, 2.24) is 0 Å². The van der Waals surface area contributed by atoms with Gasteiger partial charge in [0.25, 0.3) is 0 Å². The van der Waals surface area contributed by atoms with Gasteiger partial charge in [-0.05, 0) is 59.5 Å². The van der Waals surface area contributed by atoms with E-state index in [-0.39, 0.29) is 5.22 Å². The predicted molar refractivity (Wildman–Crippen MR) is 79.5 cm³/mol. The largest absolute Gasteiger partial charge is 0.374 e. The first-order valence-corrected chi connectivity index (χ1v) is 10.0. The van der Waals surface area contributed by atoms with Gasteiger partial charge in [-0.15, -0.1) is 0 Å². The average molecular weight is 346 g/mol. The van der Waals surface area contributed by atoms with Crippen LogP contribution in [0.3, 0.4) is 0 Å². The van der Waals surface area contributed by atoms with Crippen molar-refractivity contribution in [3.63, 3.8) is 0 Å². The lowest BCUT2D eigenvalue weighted by molar-refractivity contribution is -0.0264. The van der Waals surface area contributed by atoms with Crippen LogP contribution < -0.4 is 0 Å².